The summed E-state index contributed by atoms with van der Waals surface area (Å²) < 4.78 is 5.29. The van der Waals surface area contributed by atoms with Crippen molar-refractivity contribution in [2.24, 2.45) is 0 Å². The molecule has 0 unspecified atom stereocenters. The molecule has 2 aromatic rings. The van der Waals surface area contributed by atoms with Crippen molar-refractivity contribution in [1.29, 1.82) is 0 Å². The van der Waals surface area contributed by atoms with Crippen molar-refractivity contribution in [3.8, 4) is 0 Å². The minimum Gasteiger partial charge on any atom is -0.424 e. The molecule has 0 aliphatic heterocycles. The lowest BCUT2D eigenvalue weighted by Gasteiger charge is -2.08. The Morgan fingerprint density at radius 1 is 1.47 bits per heavy atom. The third-order valence-corrected chi connectivity index (χ3v) is 3.74. The maximum atomic E-state index is 5.29. The molecule has 0 aliphatic rings. The summed E-state index contributed by atoms with van der Waals surface area (Å²) in [6, 6.07) is 0.201. The van der Waals surface area contributed by atoms with Crippen LogP contribution in [0.2, 0.25) is 0 Å². The summed E-state index contributed by atoms with van der Waals surface area (Å²) in [6.45, 7) is 6.58. The fourth-order valence-electron chi connectivity index (χ4n) is 1.42. The molecular formula is C11H16N4OS. The van der Waals surface area contributed by atoms with Gasteiger partial charge in [-0.15, -0.1) is 21.5 Å². The van der Waals surface area contributed by atoms with Crippen LogP contribution >= 0.6 is 11.3 Å². The van der Waals surface area contributed by atoms with Crippen LogP contribution < -0.4 is 5.32 Å². The van der Waals surface area contributed by atoms with Gasteiger partial charge in [-0.1, -0.05) is 6.92 Å². The average Bonchev–Trinajstić information content (AvgIpc) is 2.94. The van der Waals surface area contributed by atoms with Gasteiger partial charge in [-0.3, -0.25) is 5.32 Å². The Hall–Kier alpha value is -1.27. The normalized spacial score (nSPS) is 12.9. The lowest BCUT2D eigenvalue weighted by Crippen LogP contribution is -2.18. The van der Waals surface area contributed by atoms with Crippen molar-refractivity contribution in [2.75, 3.05) is 0 Å². The topological polar surface area (TPSA) is 63.8 Å². The van der Waals surface area contributed by atoms with E-state index in [1.54, 1.807) is 18.3 Å². The van der Waals surface area contributed by atoms with E-state index >= 15 is 0 Å². The highest BCUT2D eigenvalue weighted by atomic mass is 32.1. The van der Waals surface area contributed by atoms with E-state index in [9.17, 15) is 0 Å². The molecule has 2 rings (SSSR count). The first-order valence-electron chi connectivity index (χ1n) is 5.66. The molecule has 17 heavy (non-hydrogen) atoms. The zero-order chi connectivity index (χ0) is 12.3. The molecule has 0 radical (unpaired) electrons. The molecule has 2 heterocycles. The summed E-state index contributed by atoms with van der Waals surface area (Å²) in [4.78, 5) is 5.70. The Balaban J connectivity index is 1.90. The maximum Gasteiger partial charge on any atom is 0.230 e. The first kappa shape index (κ1) is 12.2. The molecule has 2 aromatic heterocycles. The van der Waals surface area contributed by atoms with Crippen molar-refractivity contribution in [3.63, 3.8) is 0 Å². The average molecular weight is 252 g/mol. The molecule has 5 nitrogen and oxygen atoms in total. The van der Waals surface area contributed by atoms with E-state index in [4.69, 9.17) is 4.42 Å². The van der Waals surface area contributed by atoms with Crippen molar-refractivity contribution >= 4 is 11.3 Å². The zero-order valence-electron chi connectivity index (χ0n) is 10.2. The van der Waals surface area contributed by atoms with Gasteiger partial charge in [0.1, 0.15) is 5.01 Å². The van der Waals surface area contributed by atoms with E-state index in [0.29, 0.717) is 18.3 Å². The second kappa shape index (κ2) is 5.37. The van der Waals surface area contributed by atoms with E-state index in [1.807, 2.05) is 6.20 Å². The molecular weight excluding hydrogens is 236 g/mol. The summed E-state index contributed by atoms with van der Waals surface area (Å²) in [5.74, 6) is 1.21. The lowest BCUT2D eigenvalue weighted by molar-refractivity contribution is 0.430. The Kier molecular flexibility index (Phi) is 3.86. The maximum absolute atomic E-state index is 5.29. The van der Waals surface area contributed by atoms with Crippen molar-refractivity contribution in [2.45, 2.75) is 39.8 Å². The van der Waals surface area contributed by atoms with Crippen LogP contribution in [0.4, 0.5) is 0 Å². The van der Waals surface area contributed by atoms with E-state index in [0.717, 1.165) is 11.4 Å². The van der Waals surface area contributed by atoms with Crippen LogP contribution in [0.5, 0.6) is 0 Å². The summed E-state index contributed by atoms with van der Waals surface area (Å²) in [6.07, 6.45) is 2.97. The quantitative estimate of drug-likeness (QED) is 0.884. The van der Waals surface area contributed by atoms with Crippen LogP contribution in [0.15, 0.2) is 10.6 Å². The number of hydrogen-bond donors (Lipinski definition) is 1. The SMILES string of the molecule is CCc1cnc([C@@H](C)NCc2nnc(C)o2)s1. The molecule has 0 amide bonds. The highest BCUT2D eigenvalue weighted by molar-refractivity contribution is 7.11. The number of nitrogens with zero attached hydrogens (tertiary/aromatic N) is 3. The fraction of sp³-hybridized carbons (Fsp3) is 0.545. The van der Waals surface area contributed by atoms with Crippen molar-refractivity contribution in [1.82, 2.24) is 20.5 Å². The van der Waals surface area contributed by atoms with Crippen LogP contribution in [-0.2, 0) is 13.0 Å². The van der Waals surface area contributed by atoms with E-state index in [1.165, 1.54) is 4.88 Å². The molecule has 0 aromatic carbocycles. The lowest BCUT2D eigenvalue weighted by atomic mass is 10.3. The number of aromatic nitrogens is 3. The highest BCUT2D eigenvalue weighted by Crippen LogP contribution is 2.20. The van der Waals surface area contributed by atoms with Gasteiger partial charge in [0.15, 0.2) is 0 Å². The number of rotatable bonds is 5. The summed E-state index contributed by atoms with van der Waals surface area (Å²) in [7, 11) is 0. The third kappa shape index (κ3) is 3.10. The molecule has 0 spiro atoms. The molecule has 1 atom stereocenters. The first-order valence-corrected chi connectivity index (χ1v) is 6.47. The largest absolute Gasteiger partial charge is 0.424 e. The first-order chi connectivity index (χ1) is 8.19. The molecule has 0 bridgehead atoms. The number of thiazole rings is 1. The third-order valence-electron chi connectivity index (χ3n) is 2.42. The van der Waals surface area contributed by atoms with Gasteiger partial charge in [-0.2, -0.15) is 0 Å². The van der Waals surface area contributed by atoms with Crippen molar-refractivity contribution < 1.29 is 4.42 Å². The minimum absolute atomic E-state index is 0.201. The second-order valence-corrected chi connectivity index (χ2v) is 4.98. The van der Waals surface area contributed by atoms with Gasteiger partial charge < -0.3 is 4.42 Å². The van der Waals surface area contributed by atoms with E-state index in [-0.39, 0.29) is 6.04 Å². The predicted octanol–water partition coefficient (Wildman–Crippen LogP) is 2.25. The summed E-state index contributed by atoms with van der Waals surface area (Å²) in [5, 5.41) is 12.1. The van der Waals surface area contributed by atoms with Gasteiger partial charge in [-0.25, -0.2) is 4.98 Å². The number of aryl methyl sites for hydroxylation is 2. The van der Waals surface area contributed by atoms with Gasteiger partial charge in [0, 0.05) is 18.0 Å². The van der Waals surface area contributed by atoms with E-state index in [2.05, 4.69) is 34.3 Å². The highest BCUT2D eigenvalue weighted by Gasteiger charge is 2.11. The number of hydrogen-bond acceptors (Lipinski definition) is 6. The molecule has 1 N–H and O–H groups in total. The van der Waals surface area contributed by atoms with Gasteiger partial charge in [0.2, 0.25) is 11.8 Å². The molecule has 0 saturated carbocycles. The Morgan fingerprint density at radius 2 is 2.29 bits per heavy atom. The number of nitrogens with one attached hydrogen (secondary N) is 1. The summed E-state index contributed by atoms with van der Waals surface area (Å²) >= 11 is 1.74. The molecule has 92 valence electrons. The fourth-order valence-corrected chi connectivity index (χ4v) is 2.31. The van der Waals surface area contributed by atoms with Crippen LogP contribution in [0.1, 0.15) is 41.6 Å². The van der Waals surface area contributed by atoms with Crippen LogP contribution in [-0.4, -0.2) is 15.2 Å². The van der Waals surface area contributed by atoms with E-state index < -0.39 is 0 Å². The molecule has 6 heteroatoms. The monoisotopic (exact) mass is 252 g/mol. The van der Waals surface area contributed by atoms with Gasteiger partial charge >= 0.3 is 0 Å². The van der Waals surface area contributed by atoms with Crippen LogP contribution in [0, 0.1) is 6.92 Å². The van der Waals surface area contributed by atoms with Crippen LogP contribution in [0.25, 0.3) is 0 Å². The second-order valence-electron chi connectivity index (χ2n) is 3.84. The van der Waals surface area contributed by atoms with Gasteiger partial charge in [0.05, 0.1) is 12.6 Å². The van der Waals surface area contributed by atoms with Gasteiger partial charge in [-0.05, 0) is 13.3 Å². The smallest absolute Gasteiger partial charge is 0.230 e. The Morgan fingerprint density at radius 3 is 2.88 bits per heavy atom. The Labute approximate surface area is 104 Å². The minimum atomic E-state index is 0.201. The standard InChI is InChI=1S/C11H16N4OS/c1-4-9-5-13-11(17-9)7(2)12-6-10-15-14-8(3)16-10/h5,7,12H,4,6H2,1-3H3/t7-/m1/s1. The van der Waals surface area contributed by atoms with Crippen LogP contribution in [0.3, 0.4) is 0 Å². The predicted molar refractivity (Wildman–Crippen MR) is 65.8 cm³/mol. The van der Waals surface area contributed by atoms with Gasteiger partial charge in [0.25, 0.3) is 0 Å². The molecule has 0 aliphatic carbocycles. The zero-order valence-corrected chi connectivity index (χ0v) is 11.0. The molecule has 0 fully saturated rings. The Bertz CT molecular complexity index is 479. The summed E-state index contributed by atoms with van der Waals surface area (Å²) in [5.41, 5.74) is 0. The molecule has 0 saturated heterocycles. The van der Waals surface area contributed by atoms with Crippen molar-refractivity contribution in [3.05, 3.63) is 27.9 Å².